The number of benzene rings is 6. The molecule has 13 nitrogen and oxygen atoms in total. The highest BCUT2D eigenvalue weighted by Gasteiger charge is 2.29. The maximum Gasteiger partial charge on any atom is 0.446 e. The van der Waals surface area contributed by atoms with Gasteiger partial charge in [-0.2, -0.15) is 8.42 Å². The standard InChI is InChI=1S/C25H24N2O6S.C25H24N2O3/c28-24-16-21-5-2-6-23(25(21)32-24)27-13-11-26(12-14-27)17-18-3-1-4-20(15-18)19-7-9-22(10-8-19)33-34(29,30)31;28-22-9-7-19(8-10-22)20-4-1-3-18(15-20)17-26-11-13-27(14-12-26)23-6-2-5-21-16-24(29)30-25(21)23/h1-10,15H,11-14,16-17H2,(H,29,30,31);1-10,15,28H,11-14,16-17H2. The van der Waals surface area contributed by atoms with Gasteiger partial charge in [0, 0.05) is 76.6 Å². The molecule has 2 fully saturated rings. The van der Waals surface area contributed by atoms with Gasteiger partial charge in [0.2, 0.25) is 0 Å². The Balaban J connectivity index is 0.000000163. The van der Waals surface area contributed by atoms with Gasteiger partial charge >= 0.3 is 22.3 Å². The van der Waals surface area contributed by atoms with E-state index >= 15 is 0 Å². The maximum absolute atomic E-state index is 11.7. The highest BCUT2D eigenvalue weighted by Crippen LogP contribution is 2.38. The van der Waals surface area contributed by atoms with Crippen molar-refractivity contribution >= 4 is 33.7 Å². The van der Waals surface area contributed by atoms with Crippen LogP contribution in [0.5, 0.6) is 23.0 Å². The highest BCUT2D eigenvalue weighted by molar-refractivity contribution is 7.81. The average Bonchev–Trinajstić information content (AvgIpc) is 3.88. The summed E-state index contributed by atoms with van der Waals surface area (Å²) < 4.78 is 45.9. The molecule has 0 amide bonds. The third kappa shape index (κ3) is 10.2. The molecule has 6 aromatic carbocycles. The number of hydrogen-bond acceptors (Lipinski definition) is 12. The summed E-state index contributed by atoms with van der Waals surface area (Å²) in [5.74, 6) is 1.44. The fraction of sp³-hybridized carbons (Fsp3) is 0.240. The first kappa shape index (κ1) is 42.6. The van der Waals surface area contributed by atoms with Gasteiger partial charge in [-0.1, -0.05) is 84.9 Å². The summed E-state index contributed by atoms with van der Waals surface area (Å²) in [7, 11) is -4.54. The third-order valence-corrected chi connectivity index (χ3v) is 12.3. The number of rotatable bonds is 10. The van der Waals surface area contributed by atoms with E-state index in [2.05, 4.69) is 60.2 Å². The number of piperazine rings is 2. The first-order chi connectivity index (χ1) is 31.0. The molecule has 2 N–H and O–H groups in total. The van der Waals surface area contributed by atoms with Crippen molar-refractivity contribution < 1.29 is 41.3 Å². The Bertz CT molecular complexity index is 2770. The number of carbonyl (C=O) groups is 2. The lowest BCUT2D eigenvalue weighted by Crippen LogP contribution is -2.46. The molecule has 64 heavy (non-hydrogen) atoms. The first-order valence-electron chi connectivity index (χ1n) is 21.3. The minimum Gasteiger partial charge on any atom is -0.508 e. The summed E-state index contributed by atoms with van der Waals surface area (Å²) in [6.45, 7) is 8.94. The van der Waals surface area contributed by atoms with Crippen molar-refractivity contribution in [2.45, 2.75) is 25.9 Å². The van der Waals surface area contributed by atoms with Crippen LogP contribution in [0.3, 0.4) is 0 Å². The van der Waals surface area contributed by atoms with E-state index in [4.69, 9.17) is 14.0 Å². The lowest BCUT2D eigenvalue weighted by atomic mass is 10.0. The molecular weight excluding hydrogens is 833 g/mol. The van der Waals surface area contributed by atoms with Crippen molar-refractivity contribution in [1.29, 1.82) is 0 Å². The van der Waals surface area contributed by atoms with Crippen molar-refractivity contribution in [2.24, 2.45) is 0 Å². The number of para-hydroxylation sites is 2. The van der Waals surface area contributed by atoms with Gasteiger partial charge in [0.15, 0.2) is 11.5 Å². The first-order valence-corrected chi connectivity index (χ1v) is 22.7. The van der Waals surface area contributed by atoms with Crippen LogP contribution in [0.4, 0.5) is 11.4 Å². The highest BCUT2D eigenvalue weighted by atomic mass is 32.3. The Labute approximate surface area is 372 Å². The van der Waals surface area contributed by atoms with E-state index in [0.717, 1.165) is 116 Å². The van der Waals surface area contributed by atoms with E-state index in [1.807, 2.05) is 60.7 Å². The number of phenolic OH excluding ortho intramolecular Hbond substituents is 1. The normalized spacial score (nSPS) is 16.3. The molecule has 2 saturated heterocycles. The fourth-order valence-electron chi connectivity index (χ4n) is 8.75. The van der Waals surface area contributed by atoms with Gasteiger partial charge in [0.1, 0.15) is 11.5 Å². The predicted molar refractivity (Wildman–Crippen MR) is 244 cm³/mol. The SMILES string of the molecule is O=C1Cc2cccc(N3CCN(Cc4cccc(-c5ccc(O)cc5)c4)CC3)c2O1.O=C1Cc2cccc(N3CCN(Cc4cccc(-c5ccc(OS(=O)(=O)O)cc5)c4)CC3)c2O1. The van der Waals surface area contributed by atoms with Crippen molar-refractivity contribution in [3.05, 3.63) is 156 Å². The monoisotopic (exact) mass is 880 g/mol. The van der Waals surface area contributed by atoms with Gasteiger partial charge in [-0.05, 0) is 81.9 Å². The van der Waals surface area contributed by atoms with Gasteiger partial charge in [0.25, 0.3) is 0 Å². The second-order valence-corrected chi connectivity index (χ2v) is 17.4. The minimum absolute atomic E-state index is 0.0547. The Hall–Kier alpha value is -6.71. The number of ether oxygens (including phenoxy) is 2. The predicted octanol–water partition coefficient (Wildman–Crippen LogP) is 7.16. The fourth-order valence-corrected chi connectivity index (χ4v) is 9.11. The molecule has 4 heterocycles. The van der Waals surface area contributed by atoms with Gasteiger partial charge in [-0.15, -0.1) is 0 Å². The van der Waals surface area contributed by atoms with E-state index < -0.39 is 10.4 Å². The third-order valence-electron chi connectivity index (χ3n) is 11.9. The van der Waals surface area contributed by atoms with Crippen molar-refractivity contribution in [3.63, 3.8) is 0 Å². The van der Waals surface area contributed by atoms with Crippen molar-refractivity contribution in [3.8, 4) is 45.3 Å². The Morgan fingerprint density at radius 1 is 0.516 bits per heavy atom. The Morgan fingerprint density at radius 3 is 1.38 bits per heavy atom. The molecule has 0 bridgehead atoms. The number of fused-ring (bicyclic) bond motifs is 2. The number of hydrogen-bond donors (Lipinski definition) is 2. The molecule has 0 spiro atoms. The number of anilines is 2. The van der Waals surface area contributed by atoms with Crippen LogP contribution in [0.15, 0.2) is 133 Å². The van der Waals surface area contributed by atoms with Crippen LogP contribution < -0.4 is 23.5 Å². The molecule has 0 saturated carbocycles. The zero-order chi connectivity index (χ0) is 44.2. The van der Waals surface area contributed by atoms with Crippen LogP contribution in [0.1, 0.15) is 22.3 Å². The molecule has 4 aliphatic rings. The summed E-state index contributed by atoms with van der Waals surface area (Å²) in [6, 6.07) is 42.6. The van der Waals surface area contributed by atoms with E-state index in [-0.39, 0.29) is 23.4 Å². The quantitative estimate of drug-likeness (QED) is 0.0815. The molecule has 0 radical (unpaired) electrons. The number of carbonyl (C=O) groups excluding carboxylic acids is 2. The van der Waals surface area contributed by atoms with E-state index in [0.29, 0.717) is 18.6 Å². The summed E-state index contributed by atoms with van der Waals surface area (Å²) >= 11 is 0. The number of nitrogens with zero attached hydrogens (tertiary/aromatic N) is 4. The molecule has 14 heteroatoms. The summed E-state index contributed by atoms with van der Waals surface area (Å²) in [6.07, 6.45) is 0.719. The van der Waals surface area contributed by atoms with E-state index in [9.17, 15) is 23.1 Å². The van der Waals surface area contributed by atoms with Crippen LogP contribution in [0, 0.1) is 0 Å². The molecule has 10 rings (SSSR count). The van der Waals surface area contributed by atoms with Gasteiger partial charge in [-0.25, -0.2) is 0 Å². The van der Waals surface area contributed by atoms with Crippen LogP contribution in [-0.2, 0) is 45.9 Å². The summed E-state index contributed by atoms with van der Waals surface area (Å²) in [4.78, 5) is 32.8. The van der Waals surface area contributed by atoms with Crippen LogP contribution in [-0.4, -0.2) is 92.2 Å². The average molecular weight is 881 g/mol. The smallest absolute Gasteiger partial charge is 0.446 e. The number of esters is 2. The van der Waals surface area contributed by atoms with Crippen LogP contribution in [0.2, 0.25) is 0 Å². The number of phenols is 1. The Morgan fingerprint density at radius 2 is 0.938 bits per heavy atom. The van der Waals surface area contributed by atoms with Crippen molar-refractivity contribution in [1.82, 2.24) is 9.80 Å². The summed E-state index contributed by atoms with van der Waals surface area (Å²) in [5.41, 5.74) is 10.6. The molecule has 0 atom stereocenters. The van der Waals surface area contributed by atoms with E-state index in [1.165, 1.54) is 23.3 Å². The zero-order valence-corrected chi connectivity index (χ0v) is 36.0. The molecule has 0 aliphatic carbocycles. The van der Waals surface area contributed by atoms with Gasteiger partial charge in [-0.3, -0.25) is 23.9 Å². The molecular formula is C50H48N4O9S. The molecule has 6 aromatic rings. The maximum atomic E-state index is 11.7. The molecule has 0 unspecified atom stereocenters. The van der Waals surface area contributed by atoms with Crippen LogP contribution in [0.25, 0.3) is 22.3 Å². The Kier molecular flexibility index (Phi) is 12.3. The van der Waals surface area contributed by atoms with Crippen molar-refractivity contribution in [2.75, 3.05) is 62.2 Å². The zero-order valence-electron chi connectivity index (χ0n) is 35.1. The molecule has 4 aliphatic heterocycles. The topological polar surface area (TPSA) is 149 Å². The minimum atomic E-state index is -4.54. The molecule has 328 valence electrons. The van der Waals surface area contributed by atoms with Gasteiger partial charge < -0.3 is 28.6 Å². The second-order valence-electron chi connectivity index (χ2n) is 16.3. The lowest BCUT2D eigenvalue weighted by Gasteiger charge is -2.36. The van der Waals surface area contributed by atoms with Crippen LogP contribution >= 0.6 is 0 Å². The number of aromatic hydroxyl groups is 1. The molecule has 0 aromatic heterocycles. The van der Waals surface area contributed by atoms with Gasteiger partial charge in [0.05, 0.1) is 24.2 Å². The largest absolute Gasteiger partial charge is 0.508 e. The van der Waals surface area contributed by atoms with E-state index in [1.54, 1.807) is 24.3 Å². The lowest BCUT2D eigenvalue weighted by molar-refractivity contribution is -0.132. The second kappa shape index (κ2) is 18.6. The summed E-state index contributed by atoms with van der Waals surface area (Å²) in [5, 5.41) is 9.51.